The number of para-hydroxylation sites is 1. The predicted molar refractivity (Wildman–Crippen MR) is 74.4 cm³/mol. The number of hydrogen-bond donors (Lipinski definition) is 2. The number of imide groups is 1. The van der Waals surface area contributed by atoms with E-state index in [9.17, 15) is 18.8 Å². The van der Waals surface area contributed by atoms with Gasteiger partial charge in [-0.3, -0.25) is 19.8 Å². The fourth-order valence-electron chi connectivity index (χ4n) is 1.56. The Morgan fingerprint density at radius 1 is 1.29 bits per heavy atom. The number of amides is 3. The monoisotopic (exact) mass is 296 g/mol. The highest BCUT2D eigenvalue weighted by molar-refractivity contribution is 6.03. The minimum Gasteiger partial charge on any atom is -0.481 e. The fourth-order valence-corrected chi connectivity index (χ4v) is 1.56. The van der Waals surface area contributed by atoms with Gasteiger partial charge in [0, 0.05) is 13.5 Å². The number of benzene rings is 1. The zero-order chi connectivity index (χ0) is 16.2. The van der Waals surface area contributed by atoms with Crippen molar-refractivity contribution in [1.29, 1.82) is 0 Å². The molecule has 1 aromatic carbocycles. The third-order valence-corrected chi connectivity index (χ3v) is 2.95. The van der Waals surface area contributed by atoms with E-state index in [0.717, 1.165) is 4.90 Å². The molecule has 0 heterocycles. The summed E-state index contributed by atoms with van der Waals surface area (Å²) < 4.78 is 13.5. The van der Waals surface area contributed by atoms with E-state index < -0.39 is 29.1 Å². The number of carbonyl (C=O) groups excluding carboxylic acids is 2. The summed E-state index contributed by atoms with van der Waals surface area (Å²) in [6, 6.07) is 4.78. The van der Waals surface area contributed by atoms with Crippen LogP contribution in [0.3, 0.4) is 0 Å². The van der Waals surface area contributed by atoms with Crippen molar-refractivity contribution in [3.05, 3.63) is 30.1 Å². The van der Waals surface area contributed by atoms with Crippen LogP contribution in [0, 0.1) is 11.2 Å². The van der Waals surface area contributed by atoms with Crippen molar-refractivity contribution in [2.75, 3.05) is 11.9 Å². The maximum atomic E-state index is 13.5. The van der Waals surface area contributed by atoms with E-state index in [1.807, 2.05) is 5.32 Å². The zero-order valence-corrected chi connectivity index (χ0v) is 12.0. The van der Waals surface area contributed by atoms with E-state index in [2.05, 4.69) is 0 Å². The second-order valence-electron chi connectivity index (χ2n) is 5.23. The Hall–Kier alpha value is -2.44. The standard InChI is InChI=1S/C14H17FN2O4/c1-14(2,12(19)20)8-11(18)16-13(21)17(3)10-7-5-4-6-9(10)15/h4-7H,8H2,1-3H3,(H,19,20)(H,16,18,21). The highest BCUT2D eigenvalue weighted by atomic mass is 19.1. The summed E-state index contributed by atoms with van der Waals surface area (Å²) in [4.78, 5) is 35.4. The maximum absolute atomic E-state index is 13.5. The molecule has 2 N–H and O–H groups in total. The number of aliphatic carboxylic acids is 1. The van der Waals surface area contributed by atoms with Crippen LogP contribution in [0.15, 0.2) is 24.3 Å². The number of nitrogens with one attached hydrogen (secondary N) is 1. The molecule has 6 nitrogen and oxygen atoms in total. The molecule has 1 aromatic rings. The molecule has 0 aliphatic carbocycles. The third kappa shape index (κ3) is 4.27. The van der Waals surface area contributed by atoms with Crippen LogP contribution in [-0.2, 0) is 9.59 Å². The second-order valence-corrected chi connectivity index (χ2v) is 5.23. The summed E-state index contributed by atoms with van der Waals surface area (Å²) in [7, 11) is 1.31. The van der Waals surface area contributed by atoms with E-state index in [-0.39, 0.29) is 12.1 Å². The summed E-state index contributed by atoms with van der Waals surface area (Å²) >= 11 is 0. The molecule has 1 rings (SSSR count). The number of nitrogens with zero attached hydrogens (tertiary/aromatic N) is 1. The first kappa shape index (κ1) is 16.6. The van der Waals surface area contributed by atoms with Crippen molar-refractivity contribution in [1.82, 2.24) is 5.32 Å². The smallest absolute Gasteiger partial charge is 0.328 e. The molecular weight excluding hydrogens is 279 g/mol. The number of halogens is 1. The van der Waals surface area contributed by atoms with Gasteiger partial charge in [-0.15, -0.1) is 0 Å². The molecule has 114 valence electrons. The van der Waals surface area contributed by atoms with E-state index in [1.165, 1.54) is 39.1 Å². The zero-order valence-electron chi connectivity index (χ0n) is 12.0. The highest BCUT2D eigenvalue weighted by Gasteiger charge is 2.31. The van der Waals surface area contributed by atoms with Gasteiger partial charge in [0.1, 0.15) is 5.82 Å². The van der Waals surface area contributed by atoms with Crippen LogP contribution in [0.1, 0.15) is 20.3 Å². The lowest BCUT2D eigenvalue weighted by atomic mass is 9.89. The van der Waals surface area contributed by atoms with Crippen LogP contribution in [0.4, 0.5) is 14.9 Å². The van der Waals surface area contributed by atoms with Crippen LogP contribution in [0.2, 0.25) is 0 Å². The van der Waals surface area contributed by atoms with E-state index >= 15 is 0 Å². The first-order valence-electron chi connectivity index (χ1n) is 6.20. The van der Waals surface area contributed by atoms with Gasteiger partial charge in [0.15, 0.2) is 0 Å². The van der Waals surface area contributed by atoms with E-state index in [1.54, 1.807) is 6.07 Å². The number of rotatable bonds is 4. The number of carboxylic acid groups (broad SMARTS) is 1. The summed E-state index contributed by atoms with van der Waals surface area (Å²) in [5.74, 6) is -2.49. The number of carboxylic acids is 1. The summed E-state index contributed by atoms with van der Waals surface area (Å²) in [6.45, 7) is 2.75. The topological polar surface area (TPSA) is 86.7 Å². The number of anilines is 1. The first-order valence-corrected chi connectivity index (χ1v) is 6.20. The molecule has 0 atom stereocenters. The summed E-state index contributed by atoms with van der Waals surface area (Å²) in [5.41, 5.74) is -1.28. The molecule has 0 saturated carbocycles. The fraction of sp³-hybridized carbons (Fsp3) is 0.357. The molecule has 3 amide bonds. The van der Waals surface area contributed by atoms with Crippen LogP contribution >= 0.6 is 0 Å². The molecular formula is C14H17FN2O4. The molecule has 0 radical (unpaired) electrons. The van der Waals surface area contributed by atoms with Crippen LogP contribution in [0.25, 0.3) is 0 Å². The Kier molecular flexibility index (Phi) is 5.02. The van der Waals surface area contributed by atoms with Gasteiger partial charge in [0.25, 0.3) is 0 Å². The third-order valence-electron chi connectivity index (χ3n) is 2.95. The lowest BCUT2D eigenvalue weighted by Gasteiger charge is -2.21. The molecule has 0 unspecified atom stereocenters. The van der Waals surface area contributed by atoms with E-state index in [0.29, 0.717) is 0 Å². The molecule has 0 saturated heterocycles. The van der Waals surface area contributed by atoms with Crippen molar-refractivity contribution < 1.29 is 23.9 Å². The van der Waals surface area contributed by atoms with Gasteiger partial charge >= 0.3 is 12.0 Å². The van der Waals surface area contributed by atoms with Crippen LogP contribution in [-0.4, -0.2) is 30.1 Å². The van der Waals surface area contributed by atoms with Crippen molar-refractivity contribution in [2.24, 2.45) is 5.41 Å². The van der Waals surface area contributed by atoms with Gasteiger partial charge < -0.3 is 5.11 Å². The predicted octanol–water partition coefficient (Wildman–Crippen LogP) is 2.00. The average molecular weight is 296 g/mol. The average Bonchev–Trinajstić information content (AvgIpc) is 2.37. The van der Waals surface area contributed by atoms with Crippen molar-refractivity contribution in [3.63, 3.8) is 0 Å². The Morgan fingerprint density at radius 2 is 1.86 bits per heavy atom. The molecule has 0 bridgehead atoms. The van der Waals surface area contributed by atoms with Gasteiger partial charge in [-0.2, -0.15) is 0 Å². The van der Waals surface area contributed by atoms with Gasteiger partial charge in [0.05, 0.1) is 11.1 Å². The molecule has 0 spiro atoms. The summed E-state index contributed by atoms with van der Waals surface area (Å²) in [6.07, 6.45) is -0.362. The number of hydrogen-bond acceptors (Lipinski definition) is 3. The quantitative estimate of drug-likeness (QED) is 0.889. The van der Waals surface area contributed by atoms with E-state index in [4.69, 9.17) is 5.11 Å². The van der Waals surface area contributed by atoms with Crippen molar-refractivity contribution in [2.45, 2.75) is 20.3 Å². The molecule has 0 aliphatic rings. The highest BCUT2D eigenvalue weighted by Crippen LogP contribution is 2.20. The van der Waals surface area contributed by atoms with Crippen LogP contribution < -0.4 is 10.2 Å². The Balaban J connectivity index is 2.71. The minimum atomic E-state index is -1.29. The SMILES string of the molecule is CN(C(=O)NC(=O)CC(C)(C)C(=O)O)c1ccccc1F. The molecule has 0 aromatic heterocycles. The minimum absolute atomic E-state index is 0.0142. The molecule has 21 heavy (non-hydrogen) atoms. The first-order chi connectivity index (χ1) is 9.65. The van der Waals surface area contributed by atoms with Crippen molar-refractivity contribution >= 4 is 23.6 Å². The number of urea groups is 1. The Morgan fingerprint density at radius 3 is 2.38 bits per heavy atom. The Bertz CT molecular complexity index is 572. The van der Waals surface area contributed by atoms with Gasteiger partial charge in [-0.25, -0.2) is 9.18 Å². The maximum Gasteiger partial charge on any atom is 0.328 e. The normalized spacial score (nSPS) is 10.9. The largest absolute Gasteiger partial charge is 0.481 e. The number of carbonyl (C=O) groups is 3. The van der Waals surface area contributed by atoms with Crippen molar-refractivity contribution in [3.8, 4) is 0 Å². The Labute approximate surface area is 121 Å². The lowest BCUT2D eigenvalue weighted by molar-refractivity contribution is -0.149. The second kappa shape index (κ2) is 6.34. The molecule has 0 fully saturated rings. The molecule has 0 aliphatic heterocycles. The lowest BCUT2D eigenvalue weighted by Crippen LogP contribution is -2.43. The van der Waals surface area contributed by atoms with Gasteiger partial charge in [-0.1, -0.05) is 12.1 Å². The molecule has 7 heteroatoms. The van der Waals surface area contributed by atoms with Gasteiger partial charge in [-0.05, 0) is 26.0 Å². The van der Waals surface area contributed by atoms with Gasteiger partial charge in [0.2, 0.25) is 5.91 Å². The summed E-state index contributed by atoms with van der Waals surface area (Å²) in [5, 5.41) is 11.0. The van der Waals surface area contributed by atoms with Crippen LogP contribution in [0.5, 0.6) is 0 Å².